The third-order valence-electron chi connectivity index (χ3n) is 4.50. The molecule has 5 nitrogen and oxygen atoms in total. The molecule has 0 bridgehead atoms. The highest BCUT2D eigenvalue weighted by atomic mass is 19.4. The number of aromatic nitrogens is 3. The molecular formula is C21H11F6N5. The van der Waals surface area contributed by atoms with E-state index in [1.807, 2.05) is 6.07 Å². The van der Waals surface area contributed by atoms with Crippen LogP contribution in [0.4, 0.5) is 37.8 Å². The summed E-state index contributed by atoms with van der Waals surface area (Å²) in [6, 6.07) is 10.7. The van der Waals surface area contributed by atoms with Gasteiger partial charge in [-0.25, -0.2) is 23.1 Å². The van der Waals surface area contributed by atoms with E-state index in [-0.39, 0.29) is 34.1 Å². The summed E-state index contributed by atoms with van der Waals surface area (Å²) < 4.78 is 80.4. The first-order valence-electron chi connectivity index (χ1n) is 8.98. The minimum absolute atomic E-state index is 0.0189. The normalized spacial score (nSPS) is 11.7. The summed E-state index contributed by atoms with van der Waals surface area (Å²) in [6.07, 6.45) is -6.55. The van der Waals surface area contributed by atoms with Gasteiger partial charge in [-0.15, -0.1) is 0 Å². The largest absolute Gasteiger partial charge is 0.416 e. The van der Waals surface area contributed by atoms with Crippen molar-refractivity contribution in [1.82, 2.24) is 14.4 Å². The molecule has 0 unspecified atom stereocenters. The number of nitrogens with one attached hydrogen (secondary N) is 1. The second kappa shape index (κ2) is 7.88. The van der Waals surface area contributed by atoms with E-state index in [0.29, 0.717) is 0 Å². The molecule has 4 aromatic rings. The molecule has 3 aromatic heterocycles. The number of benzene rings is 1. The summed E-state index contributed by atoms with van der Waals surface area (Å²) in [5.41, 5.74) is -1.48. The zero-order chi connectivity index (χ0) is 23.0. The third kappa shape index (κ3) is 4.07. The minimum atomic E-state index is -4.51. The van der Waals surface area contributed by atoms with Crippen molar-refractivity contribution in [3.8, 4) is 17.5 Å². The lowest BCUT2D eigenvalue weighted by molar-refractivity contribution is -0.137. The molecule has 0 aliphatic carbocycles. The van der Waals surface area contributed by atoms with E-state index in [9.17, 15) is 31.6 Å². The van der Waals surface area contributed by atoms with Crippen LogP contribution in [0.3, 0.4) is 0 Å². The SMILES string of the molecule is N#Cc1cc(Nc2ccc(C(F)(F)F)cc2)nc(-c2c(C(F)F)nc3ccc(F)cn23)c1. The fourth-order valence-corrected chi connectivity index (χ4v) is 3.11. The smallest absolute Gasteiger partial charge is 0.340 e. The van der Waals surface area contributed by atoms with E-state index < -0.39 is 29.7 Å². The van der Waals surface area contributed by atoms with Gasteiger partial charge in [0.05, 0.1) is 22.9 Å². The number of pyridine rings is 2. The average Bonchev–Trinajstić information content (AvgIpc) is 3.12. The monoisotopic (exact) mass is 447 g/mol. The first kappa shape index (κ1) is 21.2. The van der Waals surface area contributed by atoms with Gasteiger partial charge >= 0.3 is 6.18 Å². The van der Waals surface area contributed by atoms with Crippen LogP contribution in [0.1, 0.15) is 23.2 Å². The van der Waals surface area contributed by atoms with E-state index in [0.717, 1.165) is 40.9 Å². The number of nitrogens with zero attached hydrogens (tertiary/aromatic N) is 4. The van der Waals surface area contributed by atoms with Crippen LogP contribution in [0, 0.1) is 17.1 Å². The average molecular weight is 447 g/mol. The molecule has 1 N–H and O–H groups in total. The van der Waals surface area contributed by atoms with Crippen LogP contribution in [0.2, 0.25) is 0 Å². The number of anilines is 2. The topological polar surface area (TPSA) is 66.0 Å². The Morgan fingerprint density at radius 1 is 1.00 bits per heavy atom. The highest BCUT2D eigenvalue weighted by Crippen LogP contribution is 2.33. The van der Waals surface area contributed by atoms with Gasteiger partial charge in [-0.1, -0.05) is 0 Å². The number of fused-ring (bicyclic) bond motifs is 1. The van der Waals surface area contributed by atoms with Crippen molar-refractivity contribution in [2.45, 2.75) is 12.6 Å². The van der Waals surface area contributed by atoms with Gasteiger partial charge in [0.2, 0.25) is 0 Å². The molecule has 1 aromatic carbocycles. The summed E-state index contributed by atoms with van der Waals surface area (Å²) >= 11 is 0. The van der Waals surface area contributed by atoms with Crippen molar-refractivity contribution in [2.75, 3.05) is 5.32 Å². The number of hydrogen-bond donors (Lipinski definition) is 1. The Balaban J connectivity index is 1.81. The number of nitriles is 1. The lowest BCUT2D eigenvalue weighted by atomic mass is 10.1. The first-order valence-corrected chi connectivity index (χ1v) is 8.98. The molecule has 0 aliphatic heterocycles. The maximum absolute atomic E-state index is 13.8. The number of hydrogen-bond acceptors (Lipinski definition) is 4. The lowest BCUT2D eigenvalue weighted by Crippen LogP contribution is -2.05. The van der Waals surface area contributed by atoms with Crippen molar-refractivity contribution in [3.63, 3.8) is 0 Å². The summed E-state index contributed by atoms with van der Waals surface area (Å²) in [4.78, 5) is 8.04. The lowest BCUT2D eigenvalue weighted by Gasteiger charge is -2.11. The quantitative estimate of drug-likeness (QED) is 0.384. The van der Waals surface area contributed by atoms with Crippen molar-refractivity contribution >= 4 is 17.2 Å². The van der Waals surface area contributed by atoms with Gasteiger partial charge in [-0.3, -0.25) is 4.40 Å². The zero-order valence-corrected chi connectivity index (χ0v) is 15.8. The van der Waals surface area contributed by atoms with Gasteiger partial charge in [-0.05, 0) is 48.5 Å². The Morgan fingerprint density at radius 3 is 2.34 bits per heavy atom. The number of halogens is 6. The molecule has 0 aliphatic rings. The molecule has 32 heavy (non-hydrogen) atoms. The molecule has 0 amide bonds. The molecule has 11 heteroatoms. The molecule has 0 radical (unpaired) electrons. The van der Waals surface area contributed by atoms with Crippen LogP contribution in [-0.4, -0.2) is 14.4 Å². The maximum Gasteiger partial charge on any atom is 0.416 e. The van der Waals surface area contributed by atoms with Gasteiger partial charge in [0.15, 0.2) is 0 Å². The Kier molecular flexibility index (Phi) is 5.22. The van der Waals surface area contributed by atoms with E-state index in [4.69, 9.17) is 0 Å². The van der Waals surface area contributed by atoms with Crippen LogP contribution < -0.4 is 5.32 Å². The molecule has 0 atom stereocenters. The highest BCUT2D eigenvalue weighted by molar-refractivity contribution is 5.69. The Bertz CT molecular complexity index is 1340. The predicted molar refractivity (Wildman–Crippen MR) is 103 cm³/mol. The molecule has 0 saturated carbocycles. The van der Waals surface area contributed by atoms with Gasteiger partial charge in [0.25, 0.3) is 6.43 Å². The summed E-state index contributed by atoms with van der Waals surface area (Å²) in [5.74, 6) is -0.679. The summed E-state index contributed by atoms with van der Waals surface area (Å²) in [6.45, 7) is 0. The van der Waals surface area contributed by atoms with Crippen molar-refractivity contribution in [1.29, 1.82) is 5.26 Å². The van der Waals surface area contributed by atoms with Gasteiger partial charge < -0.3 is 5.32 Å². The second-order valence-electron chi connectivity index (χ2n) is 6.66. The summed E-state index contributed by atoms with van der Waals surface area (Å²) in [5, 5.41) is 12.1. The zero-order valence-electron chi connectivity index (χ0n) is 15.8. The second-order valence-corrected chi connectivity index (χ2v) is 6.66. The van der Waals surface area contributed by atoms with Crippen molar-refractivity contribution in [3.05, 3.63) is 77.4 Å². The van der Waals surface area contributed by atoms with Gasteiger partial charge in [0.1, 0.15) is 28.7 Å². The van der Waals surface area contributed by atoms with E-state index in [2.05, 4.69) is 15.3 Å². The van der Waals surface area contributed by atoms with Crippen molar-refractivity contribution < 1.29 is 26.3 Å². The molecule has 162 valence electrons. The number of alkyl halides is 5. The van der Waals surface area contributed by atoms with Crippen LogP contribution in [0.25, 0.3) is 17.0 Å². The van der Waals surface area contributed by atoms with Gasteiger partial charge in [0, 0.05) is 11.9 Å². The molecule has 3 heterocycles. The van der Waals surface area contributed by atoms with Crippen LogP contribution in [-0.2, 0) is 6.18 Å². The predicted octanol–water partition coefficient (Wildman–Crippen LogP) is 6.11. The third-order valence-corrected chi connectivity index (χ3v) is 4.50. The molecule has 0 spiro atoms. The van der Waals surface area contributed by atoms with E-state index in [1.54, 1.807) is 0 Å². The molecule has 0 saturated heterocycles. The van der Waals surface area contributed by atoms with Crippen LogP contribution >= 0.6 is 0 Å². The fourth-order valence-electron chi connectivity index (χ4n) is 3.11. The highest BCUT2D eigenvalue weighted by Gasteiger charge is 2.30. The summed E-state index contributed by atoms with van der Waals surface area (Å²) in [7, 11) is 0. The minimum Gasteiger partial charge on any atom is -0.340 e. The maximum atomic E-state index is 13.8. The first-order chi connectivity index (χ1) is 15.2. The molecule has 4 rings (SSSR count). The standard InChI is InChI=1S/C21H11F6N5/c22-13-3-6-17-31-18(20(23)24)19(32(17)10-13)15-7-11(9-28)8-16(30-15)29-14-4-1-12(2-5-14)21(25,26)27/h1-8,10,20H,(H,29,30). The van der Waals surface area contributed by atoms with E-state index in [1.165, 1.54) is 18.2 Å². The Morgan fingerprint density at radius 2 is 1.72 bits per heavy atom. The molecular weight excluding hydrogens is 436 g/mol. The Hall–Kier alpha value is -4.07. The Labute approximate surface area is 176 Å². The van der Waals surface area contributed by atoms with Gasteiger partial charge in [-0.2, -0.15) is 18.4 Å². The fraction of sp³-hybridized carbons (Fsp3) is 0.0952. The van der Waals surface area contributed by atoms with E-state index >= 15 is 0 Å². The molecule has 0 fully saturated rings. The number of rotatable bonds is 4. The number of imidazole rings is 1. The van der Waals surface area contributed by atoms with Crippen molar-refractivity contribution in [2.24, 2.45) is 0 Å². The van der Waals surface area contributed by atoms with Crippen LogP contribution in [0.15, 0.2) is 54.7 Å². The van der Waals surface area contributed by atoms with Crippen LogP contribution in [0.5, 0.6) is 0 Å².